The molecule has 0 spiro atoms. The summed E-state index contributed by atoms with van der Waals surface area (Å²) in [5.41, 5.74) is 3.37. The molecule has 3 heterocycles. The second-order valence-electron chi connectivity index (χ2n) is 5.99. The van der Waals surface area contributed by atoms with Crippen LogP contribution in [0.3, 0.4) is 0 Å². The van der Waals surface area contributed by atoms with Crippen LogP contribution < -0.4 is 5.32 Å². The van der Waals surface area contributed by atoms with Crippen molar-refractivity contribution in [1.82, 2.24) is 14.6 Å². The van der Waals surface area contributed by atoms with Crippen LogP contribution in [0.4, 0.5) is 11.5 Å². The number of benzene rings is 1. The smallest absolute Gasteiger partial charge is 0.237 e. The Morgan fingerprint density at radius 1 is 1.18 bits per heavy atom. The van der Waals surface area contributed by atoms with Gasteiger partial charge in [-0.05, 0) is 29.3 Å². The number of hydrogen-bond acceptors (Lipinski definition) is 4. The summed E-state index contributed by atoms with van der Waals surface area (Å²) in [5, 5.41) is 17.9. The molecule has 1 N–H and O–H groups in total. The molecule has 0 atom stereocenters. The summed E-state index contributed by atoms with van der Waals surface area (Å²) in [7, 11) is 0. The zero-order chi connectivity index (χ0) is 19.5. The van der Waals surface area contributed by atoms with Crippen LogP contribution in [0.1, 0.15) is 11.1 Å². The molecule has 4 aromatic rings. The number of fused-ring (bicyclic) bond motifs is 1. The Morgan fingerprint density at radius 2 is 2.04 bits per heavy atom. The van der Waals surface area contributed by atoms with Gasteiger partial charge in [-0.1, -0.05) is 35.9 Å². The van der Waals surface area contributed by atoms with Gasteiger partial charge in [-0.15, -0.1) is 0 Å². The number of aromatic nitrogens is 3. The summed E-state index contributed by atoms with van der Waals surface area (Å²) >= 11 is 6.40. The summed E-state index contributed by atoms with van der Waals surface area (Å²) in [6, 6.07) is 15.0. The Labute approximate surface area is 166 Å². The number of rotatable bonds is 4. The Kier molecular flexibility index (Phi) is 4.63. The van der Waals surface area contributed by atoms with Crippen molar-refractivity contribution in [1.29, 1.82) is 5.26 Å². The van der Waals surface area contributed by atoms with E-state index < -0.39 is 0 Å². The number of halogens is 1. The molecule has 0 aliphatic heterocycles. The maximum Gasteiger partial charge on any atom is 0.237 e. The van der Waals surface area contributed by atoms with E-state index in [1.807, 2.05) is 30.3 Å². The standard InChI is InChI=1S/C21H13ClN6/c1-24-20-19(15-6-2-3-7-17(15)22)16(11-23)18-8-10-27-28(18)21(20)26-13-14-5-4-9-25-12-14/h2-10,12,26H,13H2. The molecule has 0 unspecified atom stereocenters. The van der Waals surface area contributed by atoms with Gasteiger partial charge in [0.15, 0.2) is 0 Å². The highest BCUT2D eigenvalue weighted by Crippen LogP contribution is 2.43. The van der Waals surface area contributed by atoms with Gasteiger partial charge in [0.25, 0.3) is 0 Å². The van der Waals surface area contributed by atoms with Gasteiger partial charge in [0.1, 0.15) is 11.9 Å². The molecule has 0 aliphatic carbocycles. The Balaban J connectivity index is 1.97. The van der Waals surface area contributed by atoms with Gasteiger partial charge in [0.2, 0.25) is 5.69 Å². The van der Waals surface area contributed by atoms with E-state index in [-0.39, 0.29) is 0 Å². The molecule has 134 valence electrons. The largest absolute Gasteiger partial charge is 0.375 e. The average Bonchev–Trinajstić information content (AvgIpc) is 3.22. The molecular formula is C21H13ClN6. The van der Waals surface area contributed by atoms with Crippen molar-refractivity contribution in [2.75, 3.05) is 5.32 Å². The molecular weight excluding hydrogens is 372 g/mol. The molecule has 7 heteroatoms. The second kappa shape index (κ2) is 7.40. The molecule has 0 fully saturated rings. The number of nitrogens with one attached hydrogen (secondary N) is 1. The SMILES string of the molecule is [C-]#[N+]c1c(-c2ccccc2Cl)c(C#N)c2ccnn2c1NCc1cccnc1. The minimum Gasteiger partial charge on any atom is -0.375 e. The maximum absolute atomic E-state index is 9.84. The lowest BCUT2D eigenvalue weighted by atomic mass is 9.98. The van der Waals surface area contributed by atoms with Gasteiger partial charge in [-0.2, -0.15) is 10.4 Å². The van der Waals surface area contributed by atoms with Crippen molar-refractivity contribution in [3.63, 3.8) is 0 Å². The topological polar surface area (TPSA) is 70.4 Å². The van der Waals surface area contributed by atoms with Gasteiger partial charge in [-0.25, -0.2) is 9.36 Å². The van der Waals surface area contributed by atoms with Crippen molar-refractivity contribution < 1.29 is 0 Å². The monoisotopic (exact) mass is 384 g/mol. The Bertz CT molecular complexity index is 1250. The number of nitrogens with zero attached hydrogens (tertiary/aromatic N) is 5. The van der Waals surface area contributed by atoms with Crippen molar-refractivity contribution in [3.8, 4) is 17.2 Å². The first-order valence-electron chi connectivity index (χ1n) is 8.43. The van der Waals surface area contributed by atoms with Crippen molar-refractivity contribution in [2.24, 2.45) is 0 Å². The molecule has 0 radical (unpaired) electrons. The van der Waals surface area contributed by atoms with Crippen LogP contribution in [0.25, 0.3) is 21.5 Å². The van der Waals surface area contributed by atoms with E-state index >= 15 is 0 Å². The first-order chi connectivity index (χ1) is 13.7. The molecule has 0 aliphatic rings. The third-order valence-corrected chi connectivity index (χ3v) is 4.70. The quantitative estimate of drug-likeness (QED) is 0.498. The van der Waals surface area contributed by atoms with Gasteiger partial charge in [0.05, 0.1) is 23.8 Å². The summed E-state index contributed by atoms with van der Waals surface area (Å²) < 4.78 is 1.59. The Hall–Kier alpha value is -3.87. The fourth-order valence-electron chi connectivity index (χ4n) is 3.13. The van der Waals surface area contributed by atoms with E-state index in [1.54, 1.807) is 35.2 Å². The third kappa shape index (κ3) is 2.92. The predicted molar refractivity (Wildman–Crippen MR) is 108 cm³/mol. The zero-order valence-corrected chi connectivity index (χ0v) is 15.4. The van der Waals surface area contributed by atoms with E-state index in [4.69, 9.17) is 18.2 Å². The molecule has 3 aromatic heterocycles. The van der Waals surface area contributed by atoms with E-state index in [0.717, 1.165) is 5.56 Å². The summed E-state index contributed by atoms with van der Waals surface area (Å²) in [6.07, 6.45) is 5.07. The van der Waals surface area contributed by atoms with Crippen LogP contribution in [-0.2, 0) is 6.54 Å². The number of anilines is 1. The highest BCUT2D eigenvalue weighted by atomic mass is 35.5. The first kappa shape index (κ1) is 17.5. The molecule has 0 saturated carbocycles. The molecule has 0 bridgehead atoms. The maximum atomic E-state index is 9.84. The fraction of sp³-hybridized carbons (Fsp3) is 0.0476. The van der Waals surface area contributed by atoms with Crippen LogP contribution >= 0.6 is 11.6 Å². The van der Waals surface area contributed by atoms with Crippen molar-refractivity contribution >= 4 is 28.6 Å². The van der Waals surface area contributed by atoms with Crippen LogP contribution in [0.15, 0.2) is 61.1 Å². The number of nitriles is 1. The van der Waals surface area contributed by atoms with E-state index in [2.05, 4.69) is 26.3 Å². The van der Waals surface area contributed by atoms with E-state index in [1.165, 1.54) is 0 Å². The third-order valence-electron chi connectivity index (χ3n) is 4.37. The first-order valence-corrected chi connectivity index (χ1v) is 8.81. The molecule has 0 saturated heterocycles. The highest BCUT2D eigenvalue weighted by molar-refractivity contribution is 6.33. The lowest BCUT2D eigenvalue weighted by Gasteiger charge is -2.17. The van der Waals surface area contributed by atoms with Crippen molar-refractivity contribution in [3.05, 3.63) is 88.6 Å². The van der Waals surface area contributed by atoms with Gasteiger partial charge in [-0.3, -0.25) is 4.98 Å². The van der Waals surface area contributed by atoms with Crippen LogP contribution in [0.5, 0.6) is 0 Å². The summed E-state index contributed by atoms with van der Waals surface area (Å²) in [5.74, 6) is 0.507. The number of hydrogen-bond donors (Lipinski definition) is 1. The average molecular weight is 385 g/mol. The second-order valence-corrected chi connectivity index (χ2v) is 6.40. The van der Waals surface area contributed by atoms with Gasteiger partial charge < -0.3 is 5.32 Å². The number of pyridine rings is 2. The van der Waals surface area contributed by atoms with Crippen LogP contribution in [0, 0.1) is 17.9 Å². The lowest BCUT2D eigenvalue weighted by molar-refractivity contribution is 0.944. The van der Waals surface area contributed by atoms with Crippen LogP contribution in [0.2, 0.25) is 5.02 Å². The lowest BCUT2D eigenvalue weighted by Crippen LogP contribution is -2.07. The van der Waals surface area contributed by atoms with E-state index in [9.17, 15) is 5.26 Å². The summed E-state index contributed by atoms with van der Waals surface area (Å²) in [6.45, 7) is 8.26. The minimum absolute atomic E-state index is 0.296. The molecule has 0 amide bonds. The van der Waals surface area contributed by atoms with Crippen molar-refractivity contribution in [2.45, 2.75) is 6.54 Å². The zero-order valence-electron chi connectivity index (χ0n) is 14.6. The molecule has 4 rings (SSSR count). The molecule has 6 nitrogen and oxygen atoms in total. The normalized spacial score (nSPS) is 10.4. The van der Waals surface area contributed by atoms with Gasteiger partial charge >= 0.3 is 0 Å². The predicted octanol–water partition coefficient (Wildman–Crippen LogP) is 5.08. The van der Waals surface area contributed by atoms with Crippen LogP contribution in [-0.4, -0.2) is 14.6 Å². The fourth-order valence-corrected chi connectivity index (χ4v) is 3.36. The summed E-state index contributed by atoms with van der Waals surface area (Å²) in [4.78, 5) is 7.85. The molecule has 28 heavy (non-hydrogen) atoms. The molecule has 1 aromatic carbocycles. The van der Waals surface area contributed by atoms with E-state index in [0.29, 0.717) is 45.3 Å². The minimum atomic E-state index is 0.296. The Morgan fingerprint density at radius 3 is 2.75 bits per heavy atom. The highest BCUT2D eigenvalue weighted by Gasteiger charge is 2.23. The van der Waals surface area contributed by atoms with Gasteiger partial charge in [0, 0.05) is 29.5 Å².